The lowest BCUT2D eigenvalue weighted by atomic mass is 10.1. The molecule has 0 bridgehead atoms. The monoisotopic (exact) mass is 316 g/mol. The molecule has 10 heteroatoms. The molecule has 4 amide bonds. The Hall–Kier alpha value is -2.65. The lowest BCUT2D eigenvalue weighted by molar-refractivity contribution is -0.141. The number of nitrogens with zero attached hydrogens (tertiary/aromatic N) is 1. The van der Waals surface area contributed by atoms with Gasteiger partial charge in [0.15, 0.2) is 0 Å². The van der Waals surface area contributed by atoms with Gasteiger partial charge in [0.25, 0.3) is 5.91 Å². The van der Waals surface area contributed by atoms with Crippen LogP contribution in [0.4, 0.5) is 4.79 Å². The number of urea groups is 1. The highest BCUT2D eigenvalue weighted by molar-refractivity contribution is 6.06. The molecule has 1 rings (SSSR count). The topological polar surface area (TPSA) is 156 Å². The summed E-state index contributed by atoms with van der Waals surface area (Å²) in [6.45, 7) is 0.881. The van der Waals surface area contributed by atoms with Gasteiger partial charge in [-0.15, -0.1) is 0 Å². The molecule has 0 spiro atoms. The number of nitrogens with one attached hydrogen (secondary N) is 2. The minimum Gasteiger partial charge on any atom is -0.564 e. The summed E-state index contributed by atoms with van der Waals surface area (Å²) >= 11 is 0. The third-order valence-corrected chi connectivity index (χ3v) is 3.11. The molecule has 0 saturated carbocycles. The van der Waals surface area contributed by atoms with E-state index in [-0.39, 0.29) is 19.4 Å². The molecule has 2 unspecified atom stereocenters. The van der Waals surface area contributed by atoms with Crippen molar-refractivity contribution in [2.24, 2.45) is 5.92 Å². The van der Waals surface area contributed by atoms with E-state index >= 15 is 0 Å². The average molecular weight is 316 g/mol. The Morgan fingerprint density at radius 2 is 2.05 bits per heavy atom. The Kier molecular flexibility index (Phi) is 5.84. The van der Waals surface area contributed by atoms with Gasteiger partial charge in [0.2, 0.25) is 5.91 Å². The van der Waals surface area contributed by atoms with E-state index in [4.69, 9.17) is 10.2 Å². The van der Waals surface area contributed by atoms with Gasteiger partial charge in [-0.3, -0.25) is 19.3 Å². The van der Waals surface area contributed by atoms with Crippen LogP contribution in [0.5, 0.6) is 0 Å². The van der Waals surface area contributed by atoms with Crippen LogP contribution >= 0.6 is 0 Å². The van der Waals surface area contributed by atoms with Crippen LogP contribution in [0, 0.1) is 5.92 Å². The number of carbonyl (C=O) groups excluding carboxylic acids is 4. The molecule has 1 heterocycles. The van der Waals surface area contributed by atoms with Crippen LogP contribution in [-0.2, 0) is 19.2 Å². The smallest absolute Gasteiger partial charge is 0.520 e. The Labute approximate surface area is 125 Å². The van der Waals surface area contributed by atoms with E-state index in [2.05, 4.69) is 10.6 Å². The van der Waals surface area contributed by atoms with Crippen LogP contribution in [0.2, 0.25) is 0 Å². The third-order valence-electron chi connectivity index (χ3n) is 3.11. The minimum atomic E-state index is -1.09. The minimum absolute atomic E-state index is 0.0532. The van der Waals surface area contributed by atoms with Crippen LogP contribution in [0.3, 0.4) is 0 Å². The van der Waals surface area contributed by atoms with Crippen LogP contribution in [0.15, 0.2) is 0 Å². The molecule has 0 aromatic heterocycles. The maximum atomic E-state index is 11.9. The Morgan fingerprint density at radius 1 is 1.41 bits per heavy atom. The SMILES string of the molecule is CC(CNC(=O)CN1C(=O)NC(CCC(=O)O)C1=O)C(=O)[OH2+]. The standard InChI is InChI=1S/C12H17N3O7/c1-6(11(20)21)4-13-8(16)5-15-10(19)7(14-12(15)22)2-3-9(17)18/h6-7H,2-5H2,1H3,(H,13,16)(H,14,22)(H,17,18)(H,20,21)/p+1. The number of carboxylic acid groups (broad SMARTS) is 1. The zero-order chi connectivity index (χ0) is 16.9. The number of hydrogen-bond donors (Lipinski definition) is 3. The molecule has 1 aliphatic rings. The highest BCUT2D eigenvalue weighted by atomic mass is 16.4. The number of imide groups is 1. The fourth-order valence-electron chi connectivity index (χ4n) is 1.75. The van der Waals surface area contributed by atoms with Crippen molar-refractivity contribution in [3.05, 3.63) is 0 Å². The van der Waals surface area contributed by atoms with Crippen LogP contribution in [-0.4, -0.2) is 64.0 Å². The Morgan fingerprint density at radius 3 is 2.59 bits per heavy atom. The van der Waals surface area contributed by atoms with Crippen LogP contribution in [0.1, 0.15) is 19.8 Å². The van der Waals surface area contributed by atoms with Crippen molar-refractivity contribution >= 4 is 29.8 Å². The van der Waals surface area contributed by atoms with Crippen molar-refractivity contribution in [3.63, 3.8) is 0 Å². The van der Waals surface area contributed by atoms with Crippen LogP contribution in [0.25, 0.3) is 0 Å². The zero-order valence-electron chi connectivity index (χ0n) is 11.9. The molecular formula is C12H18N3O7+. The number of carbonyl (C=O) groups is 5. The predicted octanol–water partition coefficient (Wildman–Crippen LogP) is -2.22. The maximum Gasteiger partial charge on any atom is 0.520 e. The van der Waals surface area contributed by atoms with E-state index < -0.39 is 48.3 Å². The van der Waals surface area contributed by atoms with Gasteiger partial charge in [-0.05, 0) is 13.3 Å². The van der Waals surface area contributed by atoms with Crippen molar-refractivity contribution in [2.75, 3.05) is 13.1 Å². The number of rotatable bonds is 8. The van der Waals surface area contributed by atoms with Gasteiger partial charge in [-0.25, -0.2) is 4.79 Å². The summed E-state index contributed by atoms with van der Waals surface area (Å²) in [4.78, 5) is 57.0. The van der Waals surface area contributed by atoms with E-state index in [1.165, 1.54) is 6.92 Å². The molecule has 5 N–H and O–H groups in total. The number of amides is 4. The van der Waals surface area contributed by atoms with Gasteiger partial charge in [-0.2, -0.15) is 0 Å². The molecule has 1 fully saturated rings. The summed E-state index contributed by atoms with van der Waals surface area (Å²) in [5, 5.41) is 20.1. The number of carboxylic acids is 1. The molecule has 0 aliphatic carbocycles. The molecule has 0 radical (unpaired) electrons. The molecule has 122 valence electrons. The van der Waals surface area contributed by atoms with Crippen molar-refractivity contribution in [3.8, 4) is 0 Å². The lowest BCUT2D eigenvalue weighted by Crippen LogP contribution is -2.42. The molecule has 1 saturated heterocycles. The first-order chi connectivity index (χ1) is 10.2. The Bertz CT molecular complexity index is 505. The van der Waals surface area contributed by atoms with E-state index in [1.54, 1.807) is 0 Å². The molecule has 22 heavy (non-hydrogen) atoms. The van der Waals surface area contributed by atoms with Gasteiger partial charge in [0, 0.05) is 17.8 Å². The summed E-state index contributed by atoms with van der Waals surface area (Å²) in [5.41, 5.74) is 0. The van der Waals surface area contributed by atoms with Crippen LogP contribution < -0.4 is 10.6 Å². The fourth-order valence-corrected chi connectivity index (χ4v) is 1.75. The van der Waals surface area contributed by atoms with Gasteiger partial charge in [0.1, 0.15) is 18.5 Å². The summed E-state index contributed by atoms with van der Waals surface area (Å²) in [6.07, 6.45) is -0.331. The molecular weight excluding hydrogens is 298 g/mol. The summed E-state index contributed by atoms with van der Waals surface area (Å²) in [7, 11) is 0. The fraction of sp³-hybridized carbons (Fsp3) is 0.583. The second-order valence-corrected chi connectivity index (χ2v) is 4.93. The lowest BCUT2D eigenvalue weighted by Gasteiger charge is -2.13. The number of aliphatic carboxylic acids is 1. The van der Waals surface area contributed by atoms with Gasteiger partial charge in [0.05, 0.1) is 0 Å². The summed E-state index contributed by atoms with van der Waals surface area (Å²) in [5.74, 6) is -3.91. The summed E-state index contributed by atoms with van der Waals surface area (Å²) in [6, 6.07) is -1.72. The van der Waals surface area contributed by atoms with Crippen molar-refractivity contribution in [1.29, 1.82) is 0 Å². The second kappa shape index (κ2) is 7.38. The van der Waals surface area contributed by atoms with E-state index in [0.717, 1.165) is 0 Å². The highest BCUT2D eigenvalue weighted by Crippen LogP contribution is 2.10. The van der Waals surface area contributed by atoms with Gasteiger partial charge >= 0.3 is 18.0 Å². The summed E-state index contributed by atoms with van der Waals surface area (Å²) < 4.78 is 0. The quantitative estimate of drug-likeness (QED) is 0.340. The molecule has 1 aliphatic heterocycles. The third kappa shape index (κ3) is 4.72. The second-order valence-electron chi connectivity index (χ2n) is 4.93. The largest absolute Gasteiger partial charge is 0.564 e. The van der Waals surface area contributed by atoms with Gasteiger partial charge < -0.3 is 20.8 Å². The van der Waals surface area contributed by atoms with Crippen molar-refractivity contribution in [1.82, 2.24) is 15.5 Å². The van der Waals surface area contributed by atoms with E-state index in [1.807, 2.05) is 0 Å². The number of hydrogen-bond acceptors (Lipinski definition) is 5. The predicted molar refractivity (Wildman–Crippen MR) is 71.7 cm³/mol. The maximum absolute atomic E-state index is 11.9. The molecule has 0 aromatic rings. The van der Waals surface area contributed by atoms with E-state index in [9.17, 15) is 24.0 Å². The highest BCUT2D eigenvalue weighted by Gasteiger charge is 2.38. The molecule has 10 nitrogen and oxygen atoms in total. The first kappa shape index (κ1) is 17.4. The average Bonchev–Trinajstić information content (AvgIpc) is 2.69. The first-order valence-corrected chi connectivity index (χ1v) is 6.58. The zero-order valence-corrected chi connectivity index (χ0v) is 11.9. The van der Waals surface area contributed by atoms with Crippen molar-refractivity contribution < 1.29 is 34.2 Å². The Balaban J connectivity index is 2.49. The van der Waals surface area contributed by atoms with Gasteiger partial charge in [-0.1, -0.05) is 0 Å². The molecule has 2 atom stereocenters. The first-order valence-electron chi connectivity index (χ1n) is 6.58. The molecule has 0 aromatic carbocycles. The normalized spacial score (nSPS) is 18.8. The van der Waals surface area contributed by atoms with Crippen molar-refractivity contribution in [2.45, 2.75) is 25.8 Å². The van der Waals surface area contributed by atoms with E-state index in [0.29, 0.717) is 4.90 Å².